The van der Waals surface area contributed by atoms with Crippen LogP contribution in [0.1, 0.15) is 19.4 Å². The Morgan fingerprint density at radius 1 is 1.12 bits per heavy atom. The molecule has 0 bridgehead atoms. The van der Waals surface area contributed by atoms with Crippen molar-refractivity contribution in [2.24, 2.45) is 0 Å². The normalized spacial score (nSPS) is 15.4. The maximum Gasteiger partial charge on any atom is 0.259 e. The molecule has 168 valence electrons. The number of methoxy groups -OCH3 is 1. The molecule has 0 atom stereocenters. The predicted molar refractivity (Wildman–Crippen MR) is 133 cm³/mol. The number of rotatable bonds is 5. The zero-order valence-corrected chi connectivity index (χ0v) is 19.9. The third-order valence-corrected chi connectivity index (χ3v) is 6.43. The number of hydrogen-bond acceptors (Lipinski definition) is 5. The first-order valence-electron chi connectivity index (χ1n) is 10.2. The van der Waals surface area contributed by atoms with E-state index in [1.807, 2.05) is 24.3 Å². The molecule has 1 aliphatic heterocycles. The summed E-state index contributed by atoms with van der Waals surface area (Å²) in [5.41, 5.74) is 0.279. The summed E-state index contributed by atoms with van der Waals surface area (Å²) in [5, 5.41) is 11.0. The molecule has 3 aromatic rings. The Bertz CT molecular complexity index is 1390. The summed E-state index contributed by atoms with van der Waals surface area (Å²) in [6.07, 6.45) is 1.74. The molecule has 0 N–H and O–H groups in total. The van der Waals surface area contributed by atoms with Crippen LogP contribution >= 0.6 is 23.8 Å². The summed E-state index contributed by atoms with van der Waals surface area (Å²) in [6.45, 7) is 4.41. The highest BCUT2D eigenvalue weighted by Crippen LogP contribution is 2.38. The number of thiocarbonyl (C=S) groups is 1. The summed E-state index contributed by atoms with van der Waals surface area (Å²) in [5.74, 6) is -0.237. The van der Waals surface area contributed by atoms with Gasteiger partial charge in [-0.15, -0.1) is 0 Å². The van der Waals surface area contributed by atoms with Crippen molar-refractivity contribution in [3.05, 3.63) is 69.6 Å². The van der Waals surface area contributed by atoms with Crippen molar-refractivity contribution in [2.75, 3.05) is 23.5 Å². The van der Waals surface area contributed by atoms with Crippen molar-refractivity contribution in [1.82, 2.24) is 4.57 Å². The number of amides is 1. The highest BCUT2D eigenvalue weighted by Gasteiger charge is 2.50. The first kappa shape index (κ1) is 22.9. The minimum absolute atomic E-state index is 0.142. The molecule has 0 radical (unpaired) electrons. The van der Waals surface area contributed by atoms with Crippen LogP contribution in [0.3, 0.4) is 0 Å². The molecule has 7 nitrogen and oxygen atoms in total. The smallest absolute Gasteiger partial charge is 0.259 e. The molecule has 1 aliphatic rings. The topological polar surface area (TPSA) is 78.6 Å². The Labute approximate surface area is 201 Å². The van der Waals surface area contributed by atoms with Gasteiger partial charge in [-0.3, -0.25) is 14.5 Å². The van der Waals surface area contributed by atoms with E-state index in [0.29, 0.717) is 35.5 Å². The lowest BCUT2D eigenvalue weighted by atomic mass is 10.0. The Morgan fingerprint density at radius 2 is 1.85 bits per heavy atom. The SMILES string of the molecule is COCCn1ccc2ccc(N3C(=S)N(c4ccc(C#N)c(Cl)c4)C(=O)C3(C)C)cc2c1=O. The number of aromatic nitrogens is 1. The van der Waals surface area contributed by atoms with Gasteiger partial charge in [-0.25, -0.2) is 0 Å². The van der Waals surface area contributed by atoms with Gasteiger partial charge in [0.2, 0.25) is 0 Å². The van der Waals surface area contributed by atoms with Crippen molar-refractivity contribution >= 4 is 57.0 Å². The van der Waals surface area contributed by atoms with Crippen LogP contribution < -0.4 is 15.4 Å². The Balaban J connectivity index is 1.79. The molecular formula is C24H21ClN4O3S. The quantitative estimate of drug-likeness (QED) is 0.512. The van der Waals surface area contributed by atoms with E-state index in [1.165, 1.54) is 4.90 Å². The maximum absolute atomic E-state index is 13.4. The third-order valence-electron chi connectivity index (χ3n) is 5.76. The molecule has 2 aromatic carbocycles. The van der Waals surface area contributed by atoms with Gasteiger partial charge in [-0.1, -0.05) is 17.7 Å². The minimum Gasteiger partial charge on any atom is -0.383 e. The van der Waals surface area contributed by atoms with E-state index in [2.05, 4.69) is 0 Å². The fraction of sp³-hybridized carbons (Fsp3) is 0.250. The van der Waals surface area contributed by atoms with Crippen molar-refractivity contribution in [2.45, 2.75) is 25.9 Å². The second-order valence-corrected chi connectivity index (χ2v) is 8.94. The largest absolute Gasteiger partial charge is 0.383 e. The lowest BCUT2D eigenvalue weighted by Gasteiger charge is -2.29. The van der Waals surface area contributed by atoms with Crippen LogP contribution in [-0.2, 0) is 16.1 Å². The second kappa shape index (κ2) is 8.60. The first-order valence-corrected chi connectivity index (χ1v) is 11.0. The highest BCUT2D eigenvalue weighted by atomic mass is 35.5. The minimum atomic E-state index is -1.00. The molecule has 9 heteroatoms. The number of ether oxygens (including phenoxy) is 1. The molecule has 4 rings (SSSR count). The van der Waals surface area contributed by atoms with Gasteiger partial charge < -0.3 is 14.2 Å². The summed E-state index contributed by atoms with van der Waals surface area (Å²) in [4.78, 5) is 29.6. The van der Waals surface area contributed by atoms with E-state index >= 15 is 0 Å². The van der Waals surface area contributed by atoms with Gasteiger partial charge in [-0.05, 0) is 67.8 Å². The van der Waals surface area contributed by atoms with E-state index in [-0.39, 0.29) is 21.6 Å². The molecule has 0 saturated carbocycles. The van der Waals surface area contributed by atoms with Crippen LogP contribution in [-0.4, -0.2) is 34.8 Å². The van der Waals surface area contributed by atoms with Gasteiger partial charge in [0.1, 0.15) is 11.6 Å². The average molecular weight is 481 g/mol. The number of hydrogen-bond donors (Lipinski definition) is 0. The molecule has 1 aromatic heterocycles. The molecule has 0 aliphatic carbocycles. The molecular weight excluding hydrogens is 460 g/mol. The fourth-order valence-electron chi connectivity index (χ4n) is 3.96. The maximum atomic E-state index is 13.4. The van der Waals surface area contributed by atoms with Gasteiger partial charge in [0.15, 0.2) is 5.11 Å². The monoisotopic (exact) mass is 480 g/mol. The van der Waals surface area contributed by atoms with E-state index < -0.39 is 5.54 Å². The van der Waals surface area contributed by atoms with E-state index in [1.54, 1.807) is 60.9 Å². The van der Waals surface area contributed by atoms with Crippen LogP contribution in [0, 0.1) is 11.3 Å². The van der Waals surface area contributed by atoms with Crippen LogP contribution in [0.15, 0.2) is 53.5 Å². The zero-order valence-electron chi connectivity index (χ0n) is 18.3. The lowest BCUT2D eigenvalue weighted by molar-refractivity contribution is -0.120. The summed E-state index contributed by atoms with van der Waals surface area (Å²) < 4.78 is 6.69. The van der Waals surface area contributed by atoms with Crippen molar-refractivity contribution < 1.29 is 9.53 Å². The van der Waals surface area contributed by atoms with Crippen LogP contribution in [0.2, 0.25) is 5.02 Å². The van der Waals surface area contributed by atoms with E-state index in [9.17, 15) is 9.59 Å². The summed E-state index contributed by atoms with van der Waals surface area (Å²) in [7, 11) is 1.59. The molecule has 0 spiro atoms. The van der Waals surface area contributed by atoms with Crippen molar-refractivity contribution in [3.8, 4) is 6.07 Å². The number of nitrogens with zero attached hydrogens (tertiary/aromatic N) is 4. The van der Waals surface area contributed by atoms with E-state index in [4.69, 9.17) is 33.8 Å². The molecule has 33 heavy (non-hydrogen) atoms. The van der Waals surface area contributed by atoms with Crippen LogP contribution in [0.25, 0.3) is 10.8 Å². The number of anilines is 2. The molecule has 1 fully saturated rings. The number of halogens is 1. The van der Waals surface area contributed by atoms with E-state index in [0.717, 1.165) is 5.39 Å². The molecule has 2 heterocycles. The van der Waals surface area contributed by atoms with Crippen LogP contribution in [0.4, 0.5) is 11.4 Å². The highest BCUT2D eigenvalue weighted by molar-refractivity contribution is 7.81. The Kier molecular flexibility index (Phi) is 5.97. The number of fused-ring (bicyclic) bond motifs is 1. The summed E-state index contributed by atoms with van der Waals surface area (Å²) >= 11 is 11.9. The number of pyridine rings is 1. The second-order valence-electron chi connectivity index (χ2n) is 8.17. The molecule has 1 amide bonds. The van der Waals surface area contributed by atoms with Crippen molar-refractivity contribution in [3.63, 3.8) is 0 Å². The van der Waals surface area contributed by atoms with Gasteiger partial charge in [0.05, 0.1) is 22.9 Å². The predicted octanol–water partition coefficient (Wildman–Crippen LogP) is 4.09. The van der Waals surface area contributed by atoms with Gasteiger partial charge >= 0.3 is 0 Å². The number of benzene rings is 2. The number of carbonyl (C=O) groups excluding carboxylic acids is 1. The molecule has 1 saturated heterocycles. The molecule has 0 unspecified atom stereocenters. The number of nitriles is 1. The fourth-order valence-corrected chi connectivity index (χ4v) is 4.70. The van der Waals surface area contributed by atoms with Gasteiger partial charge in [0, 0.05) is 30.9 Å². The standard InChI is InChI=1S/C24H21ClN4O3S/c1-24(2)22(31)28(17-6-5-16(14-26)20(25)13-17)23(33)29(24)18-7-4-15-8-9-27(10-11-32-3)21(30)19(15)12-18/h4-9,12-13H,10-11H2,1-3H3. The third kappa shape index (κ3) is 3.78. The van der Waals surface area contributed by atoms with Crippen LogP contribution in [0.5, 0.6) is 0 Å². The average Bonchev–Trinajstić information content (AvgIpc) is 2.97. The van der Waals surface area contributed by atoms with Crippen molar-refractivity contribution in [1.29, 1.82) is 5.26 Å². The van der Waals surface area contributed by atoms with Gasteiger partial charge in [0.25, 0.3) is 11.5 Å². The zero-order chi connectivity index (χ0) is 23.9. The van der Waals surface area contributed by atoms with Gasteiger partial charge in [-0.2, -0.15) is 5.26 Å². The number of carbonyl (C=O) groups is 1. The Morgan fingerprint density at radius 3 is 2.52 bits per heavy atom. The first-order chi connectivity index (χ1) is 15.7. The Hall–Kier alpha value is -3.25. The summed E-state index contributed by atoms with van der Waals surface area (Å²) in [6, 6.07) is 14.1. The lowest BCUT2D eigenvalue weighted by Crippen LogP contribution is -2.44.